The van der Waals surface area contributed by atoms with E-state index in [1.54, 1.807) is 30.3 Å². The monoisotopic (exact) mass is 348 g/mol. The summed E-state index contributed by atoms with van der Waals surface area (Å²) in [6.07, 6.45) is 0. The van der Waals surface area contributed by atoms with E-state index < -0.39 is 0 Å². The highest BCUT2D eigenvalue weighted by Gasteiger charge is 2.33. The Hall–Kier alpha value is -3.14. The van der Waals surface area contributed by atoms with E-state index in [4.69, 9.17) is 4.74 Å². The SMILES string of the molecule is Cc1cc(C2c3ccc(O)cc3OCC2c2ccc(O)cc2)ccc1O. The van der Waals surface area contributed by atoms with Crippen LogP contribution in [-0.2, 0) is 0 Å². The van der Waals surface area contributed by atoms with Crippen LogP contribution in [0.3, 0.4) is 0 Å². The molecule has 4 nitrogen and oxygen atoms in total. The third-order valence-corrected chi connectivity index (χ3v) is 5.05. The summed E-state index contributed by atoms with van der Waals surface area (Å²) in [5.41, 5.74) is 3.96. The topological polar surface area (TPSA) is 69.9 Å². The van der Waals surface area contributed by atoms with Crippen molar-refractivity contribution in [3.05, 3.63) is 82.9 Å². The van der Waals surface area contributed by atoms with Gasteiger partial charge in [0, 0.05) is 23.5 Å². The number of aromatic hydroxyl groups is 3. The molecule has 0 saturated carbocycles. The molecule has 3 N–H and O–H groups in total. The van der Waals surface area contributed by atoms with Crippen LogP contribution in [0.4, 0.5) is 0 Å². The van der Waals surface area contributed by atoms with Gasteiger partial charge in [0.2, 0.25) is 0 Å². The van der Waals surface area contributed by atoms with E-state index in [1.165, 1.54) is 0 Å². The summed E-state index contributed by atoms with van der Waals surface area (Å²) in [5, 5.41) is 29.3. The number of rotatable bonds is 2. The number of aryl methyl sites for hydroxylation is 1. The summed E-state index contributed by atoms with van der Waals surface area (Å²) < 4.78 is 5.94. The molecule has 3 aromatic rings. The molecule has 0 amide bonds. The summed E-state index contributed by atoms with van der Waals surface area (Å²) in [6, 6.07) is 18.0. The molecule has 2 atom stereocenters. The molecule has 4 heteroatoms. The molecule has 0 radical (unpaired) electrons. The van der Waals surface area contributed by atoms with Gasteiger partial charge in [-0.05, 0) is 47.9 Å². The predicted molar refractivity (Wildman–Crippen MR) is 99.1 cm³/mol. The van der Waals surface area contributed by atoms with Crippen LogP contribution in [0.5, 0.6) is 23.0 Å². The van der Waals surface area contributed by atoms with Crippen LogP contribution < -0.4 is 4.74 Å². The Bertz CT molecular complexity index is 947. The zero-order chi connectivity index (χ0) is 18.3. The molecule has 132 valence electrons. The van der Waals surface area contributed by atoms with Crippen LogP contribution >= 0.6 is 0 Å². The Labute approximate surface area is 151 Å². The van der Waals surface area contributed by atoms with E-state index >= 15 is 0 Å². The molecule has 26 heavy (non-hydrogen) atoms. The molecule has 3 aromatic carbocycles. The molecule has 1 heterocycles. The predicted octanol–water partition coefficient (Wildman–Crippen LogP) is 4.42. The lowest BCUT2D eigenvalue weighted by atomic mass is 9.75. The molecule has 0 bridgehead atoms. The van der Waals surface area contributed by atoms with Crippen LogP contribution in [0.1, 0.15) is 34.1 Å². The van der Waals surface area contributed by atoms with Crippen LogP contribution in [0.25, 0.3) is 0 Å². The van der Waals surface area contributed by atoms with Gasteiger partial charge in [0.1, 0.15) is 23.0 Å². The molecule has 0 aliphatic carbocycles. The summed E-state index contributed by atoms with van der Waals surface area (Å²) >= 11 is 0. The maximum absolute atomic E-state index is 9.90. The first-order valence-corrected chi connectivity index (χ1v) is 8.57. The first kappa shape index (κ1) is 16.3. The van der Waals surface area contributed by atoms with Crippen molar-refractivity contribution in [2.45, 2.75) is 18.8 Å². The van der Waals surface area contributed by atoms with Gasteiger partial charge < -0.3 is 20.1 Å². The molecule has 0 spiro atoms. The minimum atomic E-state index is 0.0168. The lowest BCUT2D eigenvalue weighted by molar-refractivity contribution is 0.247. The van der Waals surface area contributed by atoms with Crippen LogP contribution in [0.2, 0.25) is 0 Å². The van der Waals surface area contributed by atoms with Crippen LogP contribution in [-0.4, -0.2) is 21.9 Å². The smallest absolute Gasteiger partial charge is 0.126 e. The number of phenolic OH excluding ortho intramolecular Hbond substituents is 3. The molecule has 4 rings (SSSR count). The third-order valence-electron chi connectivity index (χ3n) is 5.05. The van der Waals surface area contributed by atoms with Gasteiger partial charge in [0.15, 0.2) is 0 Å². The highest BCUT2D eigenvalue weighted by atomic mass is 16.5. The van der Waals surface area contributed by atoms with Gasteiger partial charge in [-0.25, -0.2) is 0 Å². The lowest BCUT2D eigenvalue weighted by Crippen LogP contribution is -2.25. The van der Waals surface area contributed by atoms with Crippen molar-refractivity contribution in [3.8, 4) is 23.0 Å². The average molecular weight is 348 g/mol. The Morgan fingerprint density at radius 2 is 1.50 bits per heavy atom. The molecule has 0 aromatic heterocycles. The maximum Gasteiger partial charge on any atom is 0.126 e. The zero-order valence-corrected chi connectivity index (χ0v) is 14.4. The number of fused-ring (bicyclic) bond motifs is 1. The third kappa shape index (κ3) is 2.84. The van der Waals surface area contributed by atoms with Crippen molar-refractivity contribution in [2.75, 3.05) is 6.61 Å². The molecule has 0 fully saturated rings. The van der Waals surface area contributed by atoms with E-state index in [9.17, 15) is 15.3 Å². The van der Waals surface area contributed by atoms with Crippen molar-refractivity contribution in [3.63, 3.8) is 0 Å². The highest BCUT2D eigenvalue weighted by Crippen LogP contribution is 2.47. The second-order valence-electron chi connectivity index (χ2n) is 6.75. The summed E-state index contributed by atoms with van der Waals surface area (Å²) in [5.74, 6) is 1.42. The fourth-order valence-electron chi connectivity index (χ4n) is 3.69. The van der Waals surface area contributed by atoms with Gasteiger partial charge in [-0.2, -0.15) is 0 Å². The van der Waals surface area contributed by atoms with E-state index in [0.29, 0.717) is 12.4 Å². The van der Waals surface area contributed by atoms with E-state index in [-0.39, 0.29) is 29.1 Å². The Balaban J connectivity index is 1.87. The van der Waals surface area contributed by atoms with E-state index in [1.807, 2.05) is 37.3 Å². The lowest BCUT2D eigenvalue weighted by Gasteiger charge is -2.34. The van der Waals surface area contributed by atoms with E-state index in [0.717, 1.165) is 22.3 Å². The normalized spacial score (nSPS) is 18.8. The average Bonchev–Trinajstić information content (AvgIpc) is 2.64. The second-order valence-corrected chi connectivity index (χ2v) is 6.75. The minimum Gasteiger partial charge on any atom is -0.508 e. The van der Waals surface area contributed by atoms with Gasteiger partial charge in [-0.15, -0.1) is 0 Å². The van der Waals surface area contributed by atoms with Crippen molar-refractivity contribution in [1.82, 2.24) is 0 Å². The van der Waals surface area contributed by atoms with Gasteiger partial charge >= 0.3 is 0 Å². The number of benzene rings is 3. The first-order valence-electron chi connectivity index (χ1n) is 8.57. The Morgan fingerprint density at radius 3 is 2.23 bits per heavy atom. The fraction of sp³-hybridized carbons (Fsp3) is 0.182. The van der Waals surface area contributed by atoms with Crippen molar-refractivity contribution in [1.29, 1.82) is 0 Å². The summed E-state index contributed by atoms with van der Waals surface area (Å²) in [4.78, 5) is 0. The van der Waals surface area contributed by atoms with Crippen molar-refractivity contribution >= 4 is 0 Å². The molecule has 1 aliphatic rings. The quantitative estimate of drug-likeness (QED) is 0.641. The van der Waals surface area contributed by atoms with Crippen molar-refractivity contribution < 1.29 is 20.1 Å². The molecular weight excluding hydrogens is 328 g/mol. The Kier molecular flexibility index (Phi) is 3.96. The summed E-state index contributed by atoms with van der Waals surface area (Å²) in [6.45, 7) is 2.34. The molecular formula is C22H20O4. The van der Waals surface area contributed by atoms with Gasteiger partial charge in [0.05, 0.1) is 6.61 Å². The summed E-state index contributed by atoms with van der Waals surface area (Å²) in [7, 11) is 0. The van der Waals surface area contributed by atoms with Gasteiger partial charge in [-0.1, -0.05) is 30.3 Å². The van der Waals surface area contributed by atoms with Crippen LogP contribution in [0, 0.1) is 6.92 Å². The van der Waals surface area contributed by atoms with Crippen molar-refractivity contribution in [2.24, 2.45) is 0 Å². The largest absolute Gasteiger partial charge is 0.508 e. The zero-order valence-electron chi connectivity index (χ0n) is 14.4. The molecule has 1 aliphatic heterocycles. The maximum atomic E-state index is 9.90. The minimum absolute atomic E-state index is 0.0168. The van der Waals surface area contributed by atoms with Gasteiger partial charge in [0.25, 0.3) is 0 Å². The Morgan fingerprint density at radius 1 is 0.808 bits per heavy atom. The highest BCUT2D eigenvalue weighted by molar-refractivity contribution is 5.52. The van der Waals surface area contributed by atoms with Gasteiger partial charge in [-0.3, -0.25) is 0 Å². The number of hydrogen-bond acceptors (Lipinski definition) is 4. The number of ether oxygens (including phenoxy) is 1. The first-order chi connectivity index (χ1) is 12.5. The van der Waals surface area contributed by atoms with Crippen LogP contribution in [0.15, 0.2) is 60.7 Å². The van der Waals surface area contributed by atoms with E-state index in [2.05, 4.69) is 0 Å². The fourth-order valence-corrected chi connectivity index (χ4v) is 3.69. The molecule has 0 saturated heterocycles. The second kappa shape index (κ2) is 6.30. The number of hydrogen-bond donors (Lipinski definition) is 3. The molecule has 2 unspecified atom stereocenters. The number of phenols is 3. The standard InChI is InChI=1S/C22H20O4/c1-13-10-15(4-9-20(13)25)22-18-8-7-17(24)11-21(18)26-12-19(22)14-2-5-16(23)6-3-14/h2-11,19,22-25H,12H2,1H3.